The van der Waals surface area contributed by atoms with E-state index in [0.29, 0.717) is 40.2 Å². The van der Waals surface area contributed by atoms with Crippen LogP contribution in [0.15, 0.2) is 34.6 Å². The molecule has 2 aromatic rings. The molecule has 2 N–H and O–H groups in total. The highest BCUT2D eigenvalue weighted by Crippen LogP contribution is 2.20. The molecule has 0 aliphatic heterocycles. The van der Waals surface area contributed by atoms with Crippen LogP contribution in [0.25, 0.3) is 10.9 Å². The van der Waals surface area contributed by atoms with Gasteiger partial charge in [-0.05, 0) is 74.9 Å². The van der Waals surface area contributed by atoms with Crippen molar-refractivity contribution < 1.29 is 4.79 Å². The maximum atomic E-state index is 12.9. The minimum absolute atomic E-state index is 0.0954. The molecule has 0 radical (unpaired) electrons. The molecule has 0 atom stereocenters. The summed E-state index contributed by atoms with van der Waals surface area (Å²) in [5.74, 6) is 0.408. The predicted molar refractivity (Wildman–Crippen MR) is 116 cm³/mol. The Morgan fingerprint density at radius 2 is 2.14 bits per heavy atom. The Labute approximate surface area is 170 Å². The first kappa shape index (κ1) is 20.5. The van der Waals surface area contributed by atoms with Crippen molar-refractivity contribution in [3.63, 3.8) is 0 Å². The van der Waals surface area contributed by atoms with Crippen molar-refractivity contribution in [3.8, 4) is 0 Å². The lowest BCUT2D eigenvalue weighted by molar-refractivity contribution is 0.0952. The van der Waals surface area contributed by atoms with Crippen LogP contribution in [0.1, 0.15) is 62.7 Å². The summed E-state index contributed by atoms with van der Waals surface area (Å²) in [6.07, 6.45) is 8.83. The van der Waals surface area contributed by atoms with Gasteiger partial charge in [0, 0.05) is 18.7 Å². The van der Waals surface area contributed by atoms with Crippen LogP contribution in [0.4, 0.5) is 0 Å². The first-order valence-corrected chi connectivity index (χ1v) is 10.6. The maximum absolute atomic E-state index is 12.9. The van der Waals surface area contributed by atoms with Gasteiger partial charge in [-0.2, -0.15) is 0 Å². The highest BCUT2D eigenvalue weighted by molar-refractivity contribution is 7.71. The quantitative estimate of drug-likeness (QED) is 0.523. The van der Waals surface area contributed by atoms with E-state index in [1.807, 2.05) is 0 Å². The van der Waals surface area contributed by atoms with Gasteiger partial charge in [-0.25, -0.2) is 0 Å². The van der Waals surface area contributed by atoms with E-state index in [0.717, 1.165) is 25.7 Å². The number of amides is 1. The molecule has 1 amide bonds. The average Bonchev–Trinajstić information content (AvgIpc) is 2.67. The van der Waals surface area contributed by atoms with Crippen molar-refractivity contribution in [1.29, 1.82) is 0 Å². The van der Waals surface area contributed by atoms with E-state index in [1.165, 1.54) is 18.4 Å². The van der Waals surface area contributed by atoms with Crippen LogP contribution in [0.5, 0.6) is 0 Å². The van der Waals surface area contributed by atoms with Crippen molar-refractivity contribution in [1.82, 2.24) is 14.9 Å². The summed E-state index contributed by atoms with van der Waals surface area (Å²) < 4.78 is 2.04. The SMILES string of the molecule is CC(C)CCNC(=O)c1ccc2c(=O)n(CCC3=CCCCC3)c(=S)[nH]c2c1. The van der Waals surface area contributed by atoms with Gasteiger partial charge in [0.2, 0.25) is 0 Å². The number of carbonyl (C=O) groups is 1. The van der Waals surface area contributed by atoms with E-state index in [2.05, 4.69) is 30.2 Å². The van der Waals surface area contributed by atoms with Crippen molar-refractivity contribution in [2.24, 2.45) is 5.92 Å². The molecular formula is C22H29N3O2S. The third kappa shape index (κ3) is 4.98. The zero-order valence-corrected chi connectivity index (χ0v) is 17.5. The Bertz CT molecular complexity index is 1000. The summed E-state index contributed by atoms with van der Waals surface area (Å²) in [5.41, 5.74) is 2.47. The summed E-state index contributed by atoms with van der Waals surface area (Å²) in [7, 11) is 0. The first-order valence-electron chi connectivity index (χ1n) is 10.2. The molecule has 3 rings (SSSR count). The number of H-pyrrole nitrogens is 1. The average molecular weight is 400 g/mol. The number of allylic oxidation sites excluding steroid dienone is 2. The smallest absolute Gasteiger partial charge is 0.262 e. The number of fused-ring (bicyclic) bond motifs is 1. The summed E-state index contributed by atoms with van der Waals surface area (Å²) in [5, 5.41) is 3.48. The molecule has 0 saturated heterocycles. The molecule has 0 saturated carbocycles. The number of benzene rings is 1. The number of nitrogens with one attached hydrogen (secondary N) is 2. The topological polar surface area (TPSA) is 66.9 Å². The van der Waals surface area contributed by atoms with Gasteiger partial charge in [-0.3, -0.25) is 14.2 Å². The minimum Gasteiger partial charge on any atom is -0.352 e. The molecule has 0 spiro atoms. The monoisotopic (exact) mass is 399 g/mol. The fourth-order valence-electron chi connectivity index (χ4n) is 3.56. The molecule has 28 heavy (non-hydrogen) atoms. The first-order chi connectivity index (χ1) is 13.5. The van der Waals surface area contributed by atoms with Gasteiger partial charge < -0.3 is 10.3 Å². The Morgan fingerprint density at radius 1 is 1.32 bits per heavy atom. The zero-order valence-electron chi connectivity index (χ0n) is 16.7. The second-order valence-corrected chi connectivity index (χ2v) is 8.33. The van der Waals surface area contributed by atoms with Crippen LogP contribution in [0.2, 0.25) is 0 Å². The standard InChI is InChI=1S/C22H29N3O2S/c1-15(2)10-12-23-20(26)17-8-9-18-19(14-17)24-22(28)25(21(18)27)13-11-16-6-4-3-5-7-16/h6,8-9,14-15H,3-5,7,10-13H2,1-2H3,(H,23,26)(H,24,28). The number of hydrogen-bond donors (Lipinski definition) is 2. The lowest BCUT2D eigenvalue weighted by Crippen LogP contribution is -2.26. The van der Waals surface area contributed by atoms with Gasteiger partial charge in [0.15, 0.2) is 4.77 Å². The molecule has 5 nitrogen and oxygen atoms in total. The highest BCUT2D eigenvalue weighted by atomic mass is 32.1. The van der Waals surface area contributed by atoms with Gasteiger partial charge in [0.05, 0.1) is 10.9 Å². The molecule has 150 valence electrons. The van der Waals surface area contributed by atoms with Crippen LogP contribution < -0.4 is 10.9 Å². The van der Waals surface area contributed by atoms with Gasteiger partial charge in [0.25, 0.3) is 11.5 Å². The Kier molecular flexibility index (Phi) is 6.83. The predicted octanol–water partition coefficient (Wildman–Crippen LogP) is 4.73. The molecule has 6 heteroatoms. The molecule has 1 aliphatic carbocycles. The molecule has 0 fully saturated rings. The fourth-order valence-corrected chi connectivity index (χ4v) is 3.85. The van der Waals surface area contributed by atoms with E-state index in [-0.39, 0.29) is 11.5 Å². The Balaban J connectivity index is 1.80. The van der Waals surface area contributed by atoms with Crippen LogP contribution in [-0.2, 0) is 6.54 Å². The molecule has 0 unspecified atom stereocenters. The maximum Gasteiger partial charge on any atom is 0.262 e. The molecule has 1 heterocycles. The molecule has 1 aromatic heterocycles. The van der Waals surface area contributed by atoms with E-state index in [4.69, 9.17) is 12.2 Å². The third-order valence-corrected chi connectivity index (χ3v) is 5.62. The summed E-state index contributed by atoms with van der Waals surface area (Å²) >= 11 is 5.43. The lowest BCUT2D eigenvalue weighted by atomic mass is 9.97. The fraction of sp³-hybridized carbons (Fsp3) is 0.500. The van der Waals surface area contributed by atoms with Gasteiger partial charge in [-0.15, -0.1) is 0 Å². The number of hydrogen-bond acceptors (Lipinski definition) is 3. The summed E-state index contributed by atoms with van der Waals surface area (Å²) in [6.45, 7) is 5.48. The van der Waals surface area contributed by atoms with Crippen LogP contribution in [0, 0.1) is 10.7 Å². The lowest BCUT2D eigenvalue weighted by Gasteiger charge is -2.14. The molecular weight excluding hydrogens is 370 g/mol. The molecule has 1 aromatic carbocycles. The number of nitrogens with zero attached hydrogens (tertiary/aromatic N) is 1. The summed E-state index contributed by atoms with van der Waals surface area (Å²) in [6, 6.07) is 5.14. The van der Waals surface area contributed by atoms with E-state index in [9.17, 15) is 9.59 Å². The number of aromatic amines is 1. The zero-order chi connectivity index (χ0) is 20.1. The van der Waals surface area contributed by atoms with E-state index >= 15 is 0 Å². The van der Waals surface area contributed by atoms with Crippen molar-refractivity contribution in [2.45, 2.75) is 58.9 Å². The highest BCUT2D eigenvalue weighted by Gasteiger charge is 2.11. The van der Waals surface area contributed by atoms with Crippen molar-refractivity contribution in [2.75, 3.05) is 6.54 Å². The third-order valence-electron chi connectivity index (χ3n) is 5.29. The summed E-state index contributed by atoms with van der Waals surface area (Å²) in [4.78, 5) is 28.4. The van der Waals surface area contributed by atoms with E-state index < -0.39 is 0 Å². The van der Waals surface area contributed by atoms with Crippen LogP contribution in [0.3, 0.4) is 0 Å². The van der Waals surface area contributed by atoms with Crippen molar-refractivity contribution >= 4 is 29.0 Å². The minimum atomic E-state index is -0.129. The van der Waals surface area contributed by atoms with Crippen LogP contribution in [-0.4, -0.2) is 22.0 Å². The van der Waals surface area contributed by atoms with Gasteiger partial charge in [0.1, 0.15) is 0 Å². The number of carbonyl (C=O) groups excluding carboxylic acids is 1. The second-order valence-electron chi connectivity index (χ2n) is 7.94. The Hall–Kier alpha value is -2.21. The van der Waals surface area contributed by atoms with Crippen LogP contribution >= 0.6 is 12.2 Å². The van der Waals surface area contributed by atoms with E-state index in [1.54, 1.807) is 22.8 Å². The molecule has 0 bridgehead atoms. The number of aromatic nitrogens is 2. The normalized spacial score (nSPS) is 14.3. The van der Waals surface area contributed by atoms with Gasteiger partial charge in [-0.1, -0.05) is 25.5 Å². The Morgan fingerprint density at radius 3 is 2.86 bits per heavy atom. The van der Waals surface area contributed by atoms with Gasteiger partial charge >= 0.3 is 0 Å². The second kappa shape index (κ2) is 9.32. The largest absolute Gasteiger partial charge is 0.352 e. The van der Waals surface area contributed by atoms with Crippen molar-refractivity contribution in [3.05, 3.63) is 50.5 Å². The molecule has 1 aliphatic rings. The number of rotatable bonds is 7.